The monoisotopic (exact) mass is 326 g/mol. The molecule has 3 aromatic rings. The number of rotatable bonds is 4. The lowest BCUT2D eigenvalue weighted by Gasteiger charge is -2.11. The summed E-state index contributed by atoms with van der Waals surface area (Å²) in [7, 11) is 0. The third-order valence-corrected chi connectivity index (χ3v) is 4.00. The Morgan fingerprint density at radius 3 is 2.61 bits per heavy atom. The van der Waals surface area contributed by atoms with Crippen LogP contribution in [0.4, 0.5) is 0 Å². The molecule has 116 valence electrons. The highest BCUT2D eigenvalue weighted by atomic mass is 35.5. The molecule has 1 N–H and O–H groups in total. The van der Waals surface area contributed by atoms with Crippen molar-refractivity contribution in [2.45, 2.75) is 13.1 Å². The zero-order valence-electron chi connectivity index (χ0n) is 12.3. The highest BCUT2D eigenvalue weighted by Crippen LogP contribution is 2.14. The minimum absolute atomic E-state index is 0.0478. The van der Waals surface area contributed by atoms with E-state index in [-0.39, 0.29) is 17.9 Å². The summed E-state index contributed by atoms with van der Waals surface area (Å²) in [5, 5.41) is 4.08. The molecule has 1 aromatic heterocycles. The molecule has 0 aliphatic rings. The molecule has 0 aliphatic heterocycles. The fourth-order valence-electron chi connectivity index (χ4n) is 2.44. The molecule has 1 amide bonds. The summed E-state index contributed by atoms with van der Waals surface area (Å²) in [6, 6.07) is 16.1. The number of carbonyl (C=O) groups is 1. The van der Waals surface area contributed by atoms with Gasteiger partial charge in [0, 0.05) is 29.2 Å². The van der Waals surface area contributed by atoms with Gasteiger partial charge >= 0.3 is 0 Å². The number of aromatic nitrogens is 1. The van der Waals surface area contributed by atoms with Gasteiger partial charge in [0.1, 0.15) is 6.54 Å². The number of halogens is 1. The molecule has 0 bridgehead atoms. The maximum Gasteiger partial charge on any atom is 0.240 e. The molecular weight excluding hydrogens is 312 g/mol. The Kier molecular flexibility index (Phi) is 4.44. The number of pyridine rings is 1. The van der Waals surface area contributed by atoms with Crippen LogP contribution >= 0.6 is 11.6 Å². The minimum atomic E-state index is -0.140. The average molecular weight is 327 g/mol. The Morgan fingerprint density at radius 1 is 1.04 bits per heavy atom. The van der Waals surface area contributed by atoms with Crippen molar-refractivity contribution in [1.29, 1.82) is 0 Å². The number of nitrogens with one attached hydrogen (secondary N) is 1. The Morgan fingerprint density at radius 2 is 1.78 bits per heavy atom. The van der Waals surface area contributed by atoms with Gasteiger partial charge in [-0.3, -0.25) is 9.59 Å². The van der Waals surface area contributed by atoms with Gasteiger partial charge in [-0.25, -0.2) is 0 Å². The Balaban J connectivity index is 1.75. The van der Waals surface area contributed by atoms with E-state index in [9.17, 15) is 9.59 Å². The van der Waals surface area contributed by atoms with Crippen molar-refractivity contribution < 1.29 is 4.79 Å². The van der Waals surface area contributed by atoms with Crippen LogP contribution in [0.25, 0.3) is 10.9 Å². The molecule has 5 heteroatoms. The van der Waals surface area contributed by atoms with Crippen LogP contribution in [0.1, 0.15) is 5.56 Å². The summed E-state index contributed by atoms with van der Waals surface area (Å²) in [5.41, 5.74) is 1.56. The van der Waals surface area contributed by atoms with Gasteiger partial charge in [0.15, 0.2) is 5.43 Å². The summed E-state index contributed by atoms with van der Waals surface area (Å²) in [6.07, 6.45) is 1.64. The van der Waals surface area contributed by atoms with E-state index in [1.807, 2.05) is 36.4 Å². The molecular formula is C18H15ClN2O2. The van der Waals surface area contributed by atoms with Gasteiger partial charge in [0.05, 0.1) is 5.52 Å². The molecule has 0 fully saturated rings. The van der Waals surface area contributed by atoms with E-state index in [0.717, 1.165) is 11.1 Å². The van der Waals surface area contributed by atoms with Crippen LogP contribution in [-0.2, 0) is 17.9 Å². The quantitative estimate of drug-likeness (QED) is 0.801. The van der Waals surface area contributed by atoms with E-state index in [2.05, 4.69) is 5.32 Å². The number of nitrogens with zero attached hydrogens (tertiary/aromatic N) is 1. The lowest BCUT2D eigenvalue weighted by Crippen LogP contribution is -2.27. The maximum absolute atomic E-state index is 12.2. The van der Waals surface area contributed by atoms with Crippen LogP contribution in [0.15, 0.2) is 65.6 Å². The smallest absolute Gasteiger partial charge is 0.240 e. The van der Waals surface area contributed by atoms with E-state index >= 15 is 0 Å². The normalized spacial score (nSPS) is 10.7. The zero-order valence-corrected chi connectivity index (χ0v) is 13.1. The second-order valence-electron chi connectivity index (χ2n) is 5.19. The summed E-state index contributed by atoms with van der Waals surface area (Å²) >= 11 is 6.07. The van der Waals surface area contributed by atoms with Crippen molar-refractivity contribution in [3.63, 3.8) is 0 Å². The first kappa shape index (κ1) is 15.3. The van der Waals surface area contributed by atoms with Gasteiger partial charge in [0.2, 0.25) is 5.91 Å². The van der Waals surface area contributed by atoms with Gasteiger partial charge in [-0.1, -0.05) is 41.9 Å². The fourth-order valence-corrected chi connectivity index (χ4v) is 2.65. The SMILES string of the molecule is O=C(Cn1ccc(=O)c2ccccc21)NCc1ccccc1Cl. The molecule has 0 atom stereocenters. The molecule has 23 heavy (non-hydrogen) atoms. The van der Waals surface area contributed by atoms with E-state index in [1.54, 1.807) is 22.9 Å². The van der Waals surface area contributed by atoms with E-state index in [4.69, 9.17) is 11.6 Å². The predicted molar refractivity (Wildman–Crippen MR) is 91.5 cm³/mol. The minimum Gasteiger partial charge on any atom is -0.350 e. The van der Waals surface area contributed by atoms with Crippen LogP contribution < -0.4 is 10.7 Å². The zero-order chi connectivity index (χ0) is 16.2. The Hall–Kier alpha value is -2.59. The lowest BCUT2D eigenvalue weighted by molar-refractivity contribution is -0.121. The molecule has 0 spiro atoms. The molecule has 0 saturated carbocycles. The molecule has 2 aromatic carbocycles. The molecule has 0 unspecified atom stereocenters. The second kappa shape index (κ2) is 6.67. The standard InChI is InChI=1S/C18H15ClN2O2/c19-15-7-3-1-5-13(15)11-20-18(23)12-21-10-9-17(22)14-6-2-4-8-16(14)21/h1-10H,11-12H2,(H,20,23). The maximum atomic E-state index is 12.2. The molecule has 3 rings (SSSR count). The third kappa shape index (κ3) is 3.43. The number of hydrogen-bond donors (Lipinski definition) is 1. The number of carbonyl (C=O) groups excluding carboxylic acids is 1. The summed E-state index contributed by atoms with van der Waals surface area (Å²) in [6.45, 7) is 0.516. The van der Waals surface area contributed by atoms with Crippen molar-refractivity contribution in [2.75, 3.05) is 0 Å². The first-order chi connectivity index (χ1) is 11.1. The lowest BCUT2D eigenvalue weighted by atomic mass is 10.2. The first-order valence-electron chi connectivity index (χ1n) is 7.23. The van der Waals surface area contributed by atoms with Crippen molar-refractivity contribution in [2.24, 2.45) is 0 Å². The topological polar surface area (TPSA) is 51.1 Å². The highest BCUT2D eigenvalue weighted by Gasteiger charge is 2.07. The van der Waals surface area contributed by atoms with E-state index in [0.29, 0.717) is 17.0 Å². The Labute approximate surface area is 138 Å². The van der Waals surface area contributed by atoms with E-state index < -0.39 is 0 Å². The van der Waals surface area contributed by atoms with Gasteiger partial charge < -0.3 is 9.88 Å². The van der Waals surface area contributed by atoms with Crippen molar-refractivity contribution >= 4 is 28.4 Å². The van der Waals surface area contributed by atoms with Crippen LogP contribution in [0.3, 0.4) is 0 Å². The molecule has 0 saturated heterocycles. The first-order valence-corrected chi connectivity index (χ1v) is 7.61. The van der Waals surface area contributed by atoms with Gasteiger partial charge in [-0.2, -0.15) is 0 Å². The molecule has 0 radical (unpaired) electrons. The van der Waals surface area contributed by atoms with E-state index in [1.165, 1.54) is 6.07 Å². The number of hydrogen-bond acceptors (Lipinski definition) is 2. The molecule has 1 heterocycles. The molecule has 4 nitrogen and oxygen atoms in total. The van der Waals surface area contributed by atoms with Crippen LogP contribution in [0, 0.1) is 0 Å². The van der Waals surface area contributed by atoms with Gasteiger partial charge in [-0.15, -0.1) is 0 Å². The van der Waals surface area contributed by atoms with Crippen LogP contribution in [-0.4, -0.2) is 10.5 Å². The van der Waals surface area contributed by atoms with Gasteiger partial charge in [-0.05, 0) is 23.8 Å². The van der Waals surface area contributed by atoms with Crippen molar-refractivity contribution in [3.05, 3.63) is 81.6 Å². The second-order valence-corrected chi connectivity index (χ2v) is 5.60. The summed E-state index contributed by atoms with van der Waals surface area (Å²) < 4.78 is 1.76. The van der Waals surface area contributed by atoms with Crippen LogP contribution in [0.5, 0.6) is 0 Å². The third-order valence-electron chi connectivity index (χ3n) is 3.63. The highest BCUT2D eigenvalue weighted by molar-refractivity contribution is 6.31. The Bertz CT molecular complexity index is 918. The average Bonchev–Trinajstić information content (AvgIpc) is 2.57. The fraction of sp³-hybridized carbons (Fsp3) is 0.111. The van der Waals surface area contributed by atoms with Crippen molar-refractivity contribution in [3.8, 4) is 0 Å². The van der Waals surface area contributed by atoms with Crippen LogP contribution in [0.2, 0.25) is 5.02 Å². The predicted octanol–water partition coefficient (Wildman–Crippen LogP) is 2.97. The molecule has 0 aliphatic carbocycles. The number of amides is 1. The number of fused-ring (bicyclic) bond motifs is 1. The van der Waals surface area contributed by atoms with Gasteiger partial charge in [0.25, 0.3) is 0 Å². The number of para-hydroxylation sites is 1. The van der Waals surface area contributed by atoms with Crippen molar-refractivity contribution in [1.82, 2.24) is 9.88 Å². The summed E-state index contributed by atoms with van der Waals surface area (Å²) in [4.78, 5) is 24.0. The largest absolute Gasteiger partial charge is 0.350 e. The summed E-state index contributed by atoms with van der Waals surface area (Å²) in [5.74, 6) is -0.140. The number of benzene rings is 2.